The van der Waals surface area contributed by atoms with Gasteiger partial charge in [-0.25, -0.2) is 4.79 Å². The van der Waals surface area contributed by atoms with Crippen LogP contribution in [0.3, 0.4) is 0 Å². The number of hydrogen-bond acceptors (Lipinski definition) is 3. The zero-order chi connectivity index (χ0) is 12.3. The fourth-order valence-corrected chi connectivity index (χ4v) is 3.61. The Labute approximate surface area is 113 Å². The van der Waals surface area contributed by atoms with Crippen LogP contribution in [0, 0.1) is 0 Å². The summed E-state index contributed by atoms with van der Waals surface area (Å²) >= 11 is 9.58. The molecular formula is C12H9ClO2S2. The van der Waals surface area contributed by atoms with Gasteiger partial charge in [0.2, 0.25) is 0 Å². The second-order valence-corrected chi connectivity index (χ2v) is 6.12. The average Bonchev–Trinajstić information content (AvgIpc) is 2.82. The molecule has 0 aliphatic carbocycles. The van der Waals surface area contributed by atoms with Crippen LogP contribution in [-0.4, -0.2) is 15.7 Å². The quantitative estimate of drug-likeness (QED) is 0.901. The highest BCUT2D eigenvalue weighted by molar-refractivity contribution is 8.22. The summed E-state index contributed by atoms with van der Waals surface area (Å²) < 4.78 is 0.307. The molecule has 1 N–H and O–H groups in total. The highest BCUT2D eigenvalue weighted by Gasteiger charge is 2.10. The molecule has 5 heteroatoms. The zero-order valence-electron chi connectivity index (χ0n) is 8.67. The summed E-state index contributed by atoms with van der Waals surface area (Å²) in [6.07, 6.45) is 1.96. The average molecular weight is 285 g/mol. The lowest BCUT2D eigenvalue weighted by Crippen LogP contribution is -1.95. The van der Waals surface area contributed by atoms with E-state index < -0.39 is 5.97 Å². The van der Waals surface area contributed by atoms with Crippen molar-refractivity contribution in [1.29, 1.82) is 0 Å². The van der Waals surface area contributed by atoms with E-state index in [4.69, 9.17) is 16.7 Å². The van der Waals surface area contributed by atoms with Crippen molar-refractivity contribution in [3.8, 4) is 0 Å². The molecule has 0 unspecified atom stereocenters. The van der Waals surface area contributed by atoms with E-state index in [1.54, 1.807) is 47.8 Å². The second kappa shape index (κ2) is 5.67. The molecule has 2 rings (SSSR count). The first kappa shape index (κ1) is 12.6. The van der Waals surface area contributed by atoms with E-state index in [0.29, 0.717) is 9.61 Å². The van der Waals surface area contributed by atoms with E-state index >= 15 is 0 Å². The third-order valence-electron chi connectivity index (χ3n) is 2.17. The van der Waals surface area contributed by atoms with Crippen LogP contribution in [0.2, 0.25) is 0 Å². The molecule has 88 valence electrons. The molecule has 1 aromatic rings. The van der Waals surface area contributed by atoms with E-state index in [1.165, 1.54) is 0 Å². The van der Waals surface area contributed by atoms with Crippen LogP contribution < -0.4 is 0 Å². The van der Waals surface area contributed by atoms with Gasteiger partial charge in [-0.3, -0.25) is 0 Å². The maximum Gasteiger partial charge on any atom is 0.335 e. The molecule has 0 amide bonds. The first-order valence-corrected chi connectivity index (χ1v) is 7.10. The lowest BCUT2D eigenvalue weighted by Gasteiger charge is -2.04. The Morgan fingerprint density at radius 2 is 1.71 bits per heavy atom. The van der Waals surface area contributed by atoms with Gasteiger partial charge in [0, 0.05) is 5.03 Å². The summed E-state index contributed by atoms with van der Waals surface area (Å²) in [5.41, 5.74) is 1.11. The third kappa shape index (κ3) is 3.31. The molecule has 17 heavy (non-hydrogen) atoms. The smallest absolute Gasteiger partial charge is 0.335 e. The van der Waals surface area contributed by atoms with Gasteiger partial charge in [0.15, 0.2) is 0 Å². The largest absolute Gasteiger partial charge is 0.478 e. The monoisotopic (exact) mass is 284 g/mol. The molecule has 0 fully saturated rings. The molecule has 0 saturated carbocycles. The molecule has 2 nitrogen and oxygen atoms in total. The first-order valence-electron chi connectivity index (χ1n) is 4.84. The topological polar surface area (TPSA) is 37.3 Å². The van der Waals surface area contributed by atoms with Crippen molar-refractivity contribution in [2.24, 2.45) is 0 Å². The molecule has 0 bridgehead atoms. The first-order chi connectivity index (χ1) is 8.16. The molecule has 1 heterocycles. The van der Waals surface area contributed by atoms with Crippen molar-refractivity contribution in [2.45, 2.75) is 4.58 Å². The summed E-state index contributed by atoms with van der Waals surface area (Å²) in [5.74, 6) is -0.928. The summed E-state index contributed by atoms with van der Waals surface area (Å²) in [6.45, 7) is 0. The SMILES string of the molecule is O=C(O)c1ccc(/C(Cl)=C\C2SC=CS2)cc1. The number of thioether (sulfide) groups is 2. The van der Waals surface area contributed by atoms with Crippen LogP contribution in [0.25, 0.3) is 5.03 Å². The fraction of sp³-hybridized carbons (Fsp3) is 0.0833. The number of benzene rings is 1. The minimum atomic E-state index is -0.928. The van der Waals surface area contributed by atoms with Crippen molar-refractivity contribution in [2.75, 3.05) is 0 Å². The van der Waals surface area contributed by atoms with E-state index in [2.05, 4.69) is 0 Å². The van der Waals surface area contributed by atoms with Gasteiger partial charge in [0.25, 0.3) is 0 Å². The molecule has 1 aromatic carbocycles. The van der Waals surface area contributed by atoms with Crippen molar-refractivity contribution in [3.63, 3.8) is 0 Å². The van der Waals surface area contributed by atoms with Crippen molar-refractivity contribution >= 4 is 46.1 Å². The van der Waals surface area contributed by atoms with Crippen LogP contribution >= 0.6 is 35.1 Å². The van der Waals surface area contributed by atoms with Crippen LogP contribution in [0.5, 0.6) is 0 Å². The number of hydrogen-bond donors (Lipinski definition) is 1. The number of rotatable bonds is 3. The zero-order valence-corrected chi connectivity index (χ0v) is 11.1. The summed E-state index contributed by atoms with van der Waals surface area (Å²) in [7, 11) is 0. The summed E-state index contributed by atoms with van der Waals surface area (Å²) in [4.78, 5) is 10.7. The van der Waals surface area contributed by atoms with Crippen LogP contribution in [0.1, 0.15) is 15.9 Å². The maximum atomic E-state index is 10.7. The van der Waals surface area contributed by atoms with E-state index in [0.717, 1.165) is 5.56 Å². The van der Waals surface area contributed by atoms with Gasteiger partial charge in [-0.15, -0.1) is 23.5 Å². The minimum absolute atomic E-state index is 0.268. The Balaban J connectivity index is 2.13. The van der Waals surface area contributed by atoms with Crippen LogP contribution in [0.15, 0.2) is 41.2 Å². The van der Waals surface area contributed by atoms with Crippen LogP contribution in [-0.2, 0) is 0 Å². The van der Waals surface area contributed by atoms with Gasteiger partial charge < -0.3 is 5.11 Å². The van der Waals surface area contributed by atoms with E-state index in [9.17, 15) is 4.79 Å². The second-order valence-electron chi connectivity index (χ2n) is 3.31. The van der Waals surface area contributed by atoms with E-state index in [-0.39, 0.29) is 5.56 Å². The predicted molar refractivity (Wildman–Crippen MR) is 75.3 cm³/mol. The molecule has 0 radical (unpaired) electrons. The van der Waals surface area contributed by atoms with Gasteiger partial charge >= 0.3 is 5.97 Å². The van der Waals surface area contributed by atoms with E-state index in [1.807, 2.05) is 16.9 Å². The molecule has 1 aliphatic rings. The predicted octanol–water partition coefficient (Wildman–Crippen LogP) is 4.24. The van der Waals surface area contributed by atoms with Crippen molar-refractivity contribution in [1.82, 2.24) is 0 Å². The number of carboxylic acid groups (broad SMARTS) is 1. The highest BCUT2D eigenvalue weighted by Crippen LogP contribution is 2.36. The standard InChI is InChI=1S/C12H9ClO2S2/c13-10(7-11-16-5-6-17-11)8-1-3-9(4-2-8)12(14)15/h1-7,11H,(H,14,15)/b10-7+. The number of carbonyl (C=O) groups is 1. The van der Waals surface area contributed by atoms with Crippen molar-refractivity contribution in [3.05, 3.63) is 52.3 Å². The molecule has 0 saturated heterocycles. The fourth-order valence-electron chi connectivity index (χ4n) is 1.32. The van der Waals surface area contributed by atoms with Gasteiger partial charge in [-0.05, 0) is 34.6 Å². The lowest BCUT2D eigenvalue weighted by atomic mass is 10.1. The minimum Gasteiger partial charge on any atom is -0.478 e. The lowest BCUT2D eigenvalue weighted by molar-refractivity contribution is 0.0697. The molecule has 0 aromatic heterocycles. The summed E-state index contributed by atoms with van der Waals surface area (Å²) in [6, 6.07) is 6.56. The molecule has 0 atom stereocenters. The maximum absolute atomic E-state index is 10.7. The molecule has 0 spiro atoms. The highest BCUT2D eigenvalue weighted by atomic mass is 35.5. The van der Waals surface area contributed by atoms with Gasteiger partial charge in [-0.2, -0.15) is 0 Å². The normalized spacial score (nSPS) is 16.4. The summed E-state index contributed by atoms with van der Waals surface area (Å²) in [5, 5.41) is 13.5. The van der Waals surface area contributed by atoms with Crippen LogP contribution in [0.4, 0.5) is 0 Å². The Morgan fingerprint density at radius 1 is 1.18 bits per heavy atom. The Morgan fingerprint density at radius 3 is 2.24 bits per heavy atom. The van der Waals surface area contributed by atoms with Crippen molar-refractivity contribution < 1.29 is 9.90 Å². The Bertz CT molecular complexity index is 472. The van der Waals surface area contributed by atoms with Gasteiger partial charge in [-0.1, -0.05) is 23.7 Å². The number of aromatic carboxylic acids is 1. The van der Waals surface area contributed by atoms with Gasteiger partial charge in [0.1, 0.15) is 0 Å². The van der Waals surface area contributed by atoms with Gasteiger partial charge in [0.05, 0.1) is 10.1 Å². The molecular weight excluding hydrogens is 276 g/mol. The Kier molecular flexibility index (Phi) is 4.20. The third-order valence-corrected chi connectivity index (χ3v) is 4.75. The Hall–Kier alpha value is -0.840. The molecule has 1 aliphatic heterocycles. The number of halogens is 1. The number of carboxylic acids is 1.